The summed E-state index contributed by atoms with van der Waals surface area (Å²) >= 11 is 6.02. The van der Waals surface area contributed by atoms with Crippen molar-refractivity contribution in [3.8, 4) is 5.69 Å². The largest absolute Gasteiger partial charge is 0.392 e. The molecule has 2 aromatic rings. The molecule has 0 aliphatic heterocycles. The first-order valence-corrected chi connectivity index (χ1v) is 6.08. The van der Waals surface area contributed by atoms with E-state index in [-0.39, 0.29) is 12.5 Å². The lowest BCUT2D eigenvalue weighted by Crippen LogP contribution is -2.22. The molecule has 100 valence electrons. The Balaban J connectivity index is 2.44. The number of halogens is 1. The summed E-state index contributed by atoms with van der Waals surface area (Å²) in [6.07, 6.45) is 1.67. The highest BCUT2D eigenvalue weighted by Gasteiger charge is 2.14. The number of carbonyl (C=O) groups is 1. The third-order valence-electron chi connectivity index (χ3n) is 2.71. The van der Waals surface area contributed by atoms with Crippen LogP contribution in [0.2, 0.25) is 5.02 Å². The van der Waals surface area contributed by atoms with Crippen LogP contribution in [0.4, 0.5) is 0 Å². The summed E-state index contributed by atoms with van der Waals surface area (Å²) in [7, 11) is 3.33. The van der Waals surface area contributed by atoms with Gasteiger partial charge in [0.15, 0.2) is 5.69 Å². The van der Waals surface area contributed by atoms with Crippen LogP contribution in [-0.2, 0) is 6.61 Å². The maximum absolute atomic E-state index is 11.8. The third kappa shape index (κ3) is 2.62. The SMILES string of the molecule is CN(C)C(=O)c1ccn(-c2cccc(Cl)c2CO)n1. The summed E-state index contributed by atoms with van der Waals surface area (Å²) in [5, 5.41) is 14.0. The topological polar surface area (TPSA) is 58.4 Å². The zero-order valence-electron chi connectivity index (χ0n) is 10.7. The predicted octanol–water partition coefficient (Wildman–Crippen LogP) is 1.72. The molecule has 1 amide bonds. The molecule has 0 atom stereocenters. The Morgan fingerprint density at radius 1 is 1.42 bits per heavy atom. The number of rotatable bonds is 3. The zero-order chi connectivity index (χ0) is 14.0. The summed E-state index contributed by atoms with van der Waals surface area (Å²) in [4.78, 5) is 13.2. The number of nitrogens with zero attached hydrogens (tertiary/aromatic N) is 3. The van der Waals surface area contributed by atoms with E-state index in [1.54, 1.807) is 44.6 Å². The molecule has 0 fully saturated rings. The van der Waals surface area contributed by atoms with Gasteiger partial charge in [-0.2, -0.15) is 5.10 Å². The first-order chi connectivity index (χ1) is 9.04. The van der Waals surface area contributed by atoms with Crippen molar-refractivity contribution in [1.82, 2.24) is 14.7 Å². The van der Waals surface area contributed by atoms with Gasteiger partial charge in [0.2, 0.25) is 0 Å². The van der Waals surface area contributed by atoms with Gasteiger partial charge in [-0.05, 0) is 18.2 Å². The fourth-order valence-corrected chi connectivity index (χ4v) is 1.95. The van der Waals surface area contributed by atoms with Gasteiger partial charge in [0.05, 0.1) is 12.3 Å². The van der Waals surface area contributed by atoms with Gasteiger partial charge in [0, 0.05) is 30.9 Å². The molecule has 1 heterocycles. The number of aliphatic hydroxyl groups is 1. The Bertz CT molecular complexity index is 608. The Morgan fingerprint density at radius 2 is 2.16 bits per heavy atom. The van der Waals surface area contributed by atoms with E-state index in [0.29, 0.717) is 22.0 Å². The van der Waals surface area contributed by atoms with Crippen molar-refractivity contribution in [1.29, 1.82) is 0 Å². The molecule has 0 aliphatic rings. The van der Waals surface area contributed by atoms with Gasteiger partial charge in [-0.3, -0.25) is 4.79 Å². The van der Waals surface area contributed by atoms with E-state index < -0.39 is 0 Å². The number of aromatic nitrogens is 2. The van der Waals surface area contributed by atoms with E-state index in [1.165, 1.54) is 9.58 Å². The molecule has 6 heteroatoms. The van der Waals surface area contributed by atoms with Crippen LogP contribution in [0.25, 0.3) is 5.69 Å². The van der Waals surface area contributed by atoms with Crippen molar-refractivity contribution in [2.24, 2.45) is 0 Å². The number of hydrogen-bond acceptors (Lipinski definition) is 3. The van der Waals surface area contributed by atoms with Crippen LogP contribution in [0.3, 0.4) is 0 Å². The molecule has 19 heavy (non-hydrogen) atoms. The molecule has 0 saturated heterocycles. The van der Waals surface area contributed by atoms with Crippen LogP contribution in [0.5, 0.6) is 0 Å². The highest BCUT2D eigenvalue weighted by Crippen LogP contribution is 2.23. The Hall–Kier alpha value is -1.85. The number of hydrogen-bond donors (Lipinski definition) is 1. The van der Waals surface area contributed by atoms with Gasteiger partial charge in [0.25, 0.3) is 5.91 Å². The summed E-state index contributed by atoms with van der Waals surface area (Å²) in [6, 6.07) is 6.89. The molecule has 0 bridgehead atoms. The van der Waals surface area contributed by atoms with E-state index in [0.717, 1.165) is 0 Å². The number of benzene rings is 1. The number of carbonyl (C=O) groups excluding carboxylic acids is 1. The van der Waals surface area contributed by atoms with E-state index in [1.807, 2.05) is 0 Å². The van der Waals surface area contributed by atoms with Gasteiger partial charge in [-0.1, -0.05) is 17.7 Å². The van der Waals surface area contributed by atoms with E-state index in [4.69, 9.17) is 11.6 Å². The van der Waals surface area contributed by atoms with E-state index >= 15 is 0 Å². The molecule has 0 radical (unpaired) electrons. The second-order valence-electron chi connectivity index (χ2n) is 4.24. The Labute approximate surface area is 116 Å². The number of amides is 1. The normalized spacial score (nSPS) is 10.5. The monoisotopic (exact) mass is 279 g/mol. The molecule has 5 nitrogen and oxygen atoms in total. The summed E-state index contributed by atoms with van der Waals surface area (Å²) in [6.45, 7) is -0.189. The van der Waals surface area contributed by atoms with Crippen molar-refractivity contribution in [3.05, 3.63) is 46.7 Å². The fraction of sp³-hybridized carbons (Fsp3) is 0.231. The standard InChI is InChI=1S/C13H14ClN3O2/c1-16(2)13(19)11-6-7-17(15-11)12-5-3-4-10(14)9(12)8-18/h3-7,18H,8H2,1-2H3. The minimum atomic E-state index is -0.189. The maximum atomic E-state index is 11.8. The minimum Gasteiger partial charge on any atom is -0.392 e. The van der Waals surface area contributed by atoms with Crippen LogP contribution < -0.4 is 0 Å². The second kappa shape index (κ2) is 5.42. The Morgan fingerprint density at radius 3 is 2.79 bits per heavy atom. The lowest BCUT2D eigenvalue weighted by molar-refractivity contribution is 0.0821. The molecular formula is C13H14ClN3O2. The van der Waals surface area contributed by atoms with Crippen LogP contribution in [0.1, 0.15) is 16.1 Å². The van der Waals surface area contributed by atoms with Crippen LogP contribution in [0.15, 0.2) is 30.5 Å². The molecule has 1 aromatic heterocycles. The van der Waals surface area contributed by atoms with Crippen molar-refractivity contribution < 1.29 is 9.90 Å². The van der Waals surface area contributed by atoms with Gasteiger partial charge < -0.3 is 10.0 Å². The smallest absolute Gasteiger partial charge is 0.273 e. The van der Waals surface area contributed by atoms with Crippen molar-refractivity contribution in [2.45, 2.75) is 6.61 Å². The summed E-state index contributed by atoms with van der Waals surface area (Å²) < 4.78 is 1.54. The highest BCUT2D eigenvalue weighted by atomic mass is 35.5. The third-order valence-corrected chi connectivity index (χ3v) is 3.07. The van der Waals surface area contributed by atoms with Gasteiger partial charge >= 0.3 is 0 Å². The van der Waals surface area contributed by atoms with Crippen LogP contribution in [-0.4, -0.2) is 39.8 Å². The van der Waals surface area contributed by atoms with Gasteiger partial charge in [0.1, 0.15) is 0 Å². The summed E-state index contributed by atoms with van der Waals surface area (Å²) in [5.74, 6) is -0.175. The molecule has 0 saturated carbocycles. The first kappa shape index (κ1) is 13.6. The second-order valence-corrected chi connectivity index (χ2v) is 4.65. The molecule has 1 N–H and O–H groups in total. The van der Waals surface area contributed by atoms with Crippen LogP contribution in [0, 0.1) is 0 Å². The molecule has 0 unspecified atom stereocenters. The van der Waals surface area contributed by atoms with Crippen LogP contribution >= 0.6 is 11.6 Å². The van der Waals surface area contributed by atoms with Crippen molar-refractivity contribution in [2.75, 3.05) is 14.1 Å². The first-order valence-electron chi connectivity index (χ1n) is 5.70. The molecule has 0 aliphatic carbocycles. The fourth-order valence-electron chi connectivity index (χ4n) is 1.72. The molecular weight excluding hydrogens is 266 g/mol. The quantitative estimate of drug-likeness (QED) is 0.931. The van der Waals surface area contributed by atoms with Crippen molar-refractivity contribution in [3.63, 3.8) is 0 Å². The minimum absolute atomic E-state index is 0.175. The van der Waals surface area contributed by atoms with Crippen molar-refractivity contribution >= 4 is 17.5 Å². The number of aliphatic hydroxyl groups excluding tert-OH is 1. The molecule has 1 aromatic carbocycles. The maximum Gasteiger partial charge on any atom is 0.273 e. The summed E-state index contributed by atoms with van der Waals surface area (Å²) in [5.41, 5.74) is 1.58. The van der Waals surface area contributed by atoms with E-state index in [9.17, 15) is 9.90 Å². The molecule has 2 rings (SSSR count). The lowest BCUT2D eigenvalue weighted by atomic mass is 10.2. The van der Waals surface area contributed by atoms with E-state index in [2.05, 4.69) is 5.10 Å². The molecule has 0 spiro atoms. The Kier molecular flexibility index (Phi) is 3.87. The predicted molar refractivity (Wildman–Crippen MR) is 72.5 cm³/mol. The zero-order valence-corrected chi connectivity index (χ0v) is 11.4. The highest BCUT2D eigenvalue weighted by molar-refractivity contribution is 6.31. The van der Waals surface area contributed by atoms with Gasteiger partial charge in [-0.15, -0.1) is 0 Å². The average molecular weight is 280 g/mol. The average Bonchev–Trinajstić information content (AvgIpc) is 2.86. The lowest BCUT2D eigenvalue weighted by Gasteiger charge is -2.09. The van der Waals surface area contributed by atoms with Gasteiger partial charge in [-0.25, -0.2) is 4.68 Å².